The van der Waals surface area contributed by atoms with Gasteiger partial charge in [-0.05, 0) is 28.1 Å². The third kappa shape index (κ3) is 1.48. The molecular formula is C8H8BrN5. The highest BCUT2D eigenvalue weighted by atomic mass is 79.9. The van der Waals surface area contributed by atoms with Crippen molar-refractivity contribution in [3.63, 3.8) is 0 Å². The number of nitrogen functional groups attached to an aromatic ring is 1. The third-order valence-corrected chi connectivity index (χ3v) is 2.38. The molecule has 0 aliphatic rings. The molecule has 2 aromatic heterocycles. The SMILES string of the molecule is Cn1nnc(Br)c1-c1ccc(N)nc1. The molecule has 0 atom stereocenters. The Kier molecular flexibility index (Phi) is 2.20. The Bertz CT molecular complexity index is 428. The molecule has 6 heteroatoms. The smallest absolute Gasteiger partial charge is 0.156 e. The van der Waals surface area contributed by atoms with Crippen LogP contribution in [0.1, 0.15) is 0 Å². The molecular weight excluding hydrogens is 246 g/mol. The topological polar surface area (TPSA) is 69.6 Å². The van der Waals surface area contributed by atoms with Crippen molar-refractivity contribution in [2.75, 3.05) is 5.73 Å². The summed E-state index contributed by atoms with van der Waals surface area (Å²) in [7, 11) is 1.82. The van der Waals surface area contributed by atoms with Crippen molar-refractivity contribution in [2.24, 2.45) is 7.05 Å². The first-order valence-electron chi connectivity index (χ1n) is 3.95. The van der Waals surface area contributed by atoms with Crippen molar-refractivity contribution >= 4 is 21.7 Å². The largest absolute Gasteiger partial charge is 0.384 e. The van der Waals surface area contributed by atoms with Crippen LogP contribution in [0.4, 0.5) is 5.82 Å². The van der Waals surface area contributed by atoms with Gasteiger partial charge in [0.2, 0.25) is 0 Å². The number of aryl methyl sites for hydroxylation is 1. The molecule has 0 aliphatic heterocycles. The second-order valence-electron chi connectivity index (χ2n) is 2.82. The van der Waals surface area contributed by atoms with Gasteiger partial charge >= 0.3 is 0 Å². The highest BCUT2D eigenvalue weighted by molar-refractivity contribution is 9.10. The van der Waals surface area contributed by atoms with Crippen LogP contribution >= 0.6 is 15.9 Å². The number of halogens is 1. The van der Waals surface area contributed by atoms with Gasteiger partial charge in [-0.3, -0.25) is 0 Å². The minimum Gasteiger partial charge on any atom is -0.384 e. The van der Waals surface area contributed by atoms with E-state index < -0.39 is 0 Å². The molecule has 0 saturated heterocycles. The molecule has 0 fully saturated rings. The molecule has 0 amide bonds. The van der Waals surface area contributed by atoms with Gasteiger partial charge in [0.15, 0.2) is 4.60 Å². The molecule has 2 N–H and O–H groups in total. The van der Waals surface area contributed by atoms with Gasteiger partial charge in [0, 0.05) is 18.8 Å². The summed E-state index contributed by atoms with van der Waals surface area (Å²) < 4.78 is 2.38. The fourth-order valence-electron chi connectivity index (χ4n) is 1.18. The lowest BCUT2D eigenvalue weighted by Gasteiger charge is -2.00. The van der Waals surface area contributed by atoms with Crippen molar-refractivity contribution in [3.8, 4) is 11.3 Å². The van der Waals surface area contributed by atoms with Gasteiger partial charge in [-0.2, -0.15) is 0 Å². The lowest BCUT2D eigenvalue weighted by atomic mass is 10.2. The van der Waals surface area contributed by atoms with Crippen LogP contribution in [0.3, 0.4) is 0 Å². The monoisotopic (exact) mass is 253 g/mol. The Balaban J connectivity index is 2.54. The van der Waals surface area contributed by atoms with Crippen LogP contribution in [0.15, 0.2) is 22.9 Å². The van der Waals surface area contributed by atoms with E-state index in [4.69, 9.17) is 5.73 Å². The molecule has 2 aromatic rings. The van der Waals surface area contributed by atoms with Gasteiger partial charge in [0.25, 0.3) is 0 Å². The van der Waals surface area contributed by atoms with Crippen LogP contribution in [0.2, 0.25) is 0 Å². The quantitative estimate of drug-likeness (QED) is 0.830. The molecule has 0 radical (unpaired) electrons. The van der Waals surface area contributed by atoms with E-state index in [9.17, 15) is 0 Å². The van der Waals surface area contributed by atoms with E-state index in [2.05, 4.69) is 31.2 Å². The first-order chi connectivity index (χ1) is 6.68. The predicted octanol–water partition coefficient (Wildman–Crippen LogP) is 1.22. The summed E-state index contributed by atoms with van der Waals surface area (Å²) in [6.45, 7) is 0. The fraction of sp³-hybridized carbons (Fsp3) is 0.125. The molecule has 72 valence electrons. The number of aromatic nitrogens is 4. The van der Waals surface area contributed by atoms with E-state index in [-0.39, 0.29) is 0 Å². The van der Waals surface area contributed by atoms with Crippen molar-refractivity contribution in [1.82, 2.24) is 20.0 Å². The van der Waals surface area contributed by atoms with Gasteiger partial charge in [0.05, 0.1) is 0 Å². The summed E-state index contributed by atoms with van der Waals surface area (Å²) in [5, 5.41) is 7.76. The molecule has 0 spiro atoms. The molecule has 0 saturated carbocycles. The number of hydrogen-bond acceptors (Lipinski definition) is 4. The van der Waals surface area contributed by atoms with Crippen molar-refractivity contribution in [1.29, 1.82) is 0 Å². The van der Waals surface area contributed by atoms with Gasteiger partial charge in [0.1, 0.15) is 11.5 Å². The second kappa shape index (κ2) is 3.38. The summed E-state index contributed by atoms with van der Waals surface area (Å²) in [6, 6.07) is 3.63. The average molecular weight is 254 g/mol. The van der Waals surface area contributed by atoms with Crippen LogP contribution < -0.4 is 5.73 Å². The zero-order chi connectivity index (χ0) is 10.1. The van der Waals surface area contributed by atoms with Gasteiger partial charge in [-0.1, -0.05) is 5.21 Å². The van der Waals surface area contributed by atoms with Crippen LogP contribution in [0, 0.1) is 0 Å². The van der Waals surface area contributed by atoms with Crippen molar-refractivity contribution in [2.45, 2.75) is 0 Å². The Morgan fingerprint density at radius 1 is 1.43 bits per heavy atom. The molecule has 0 aliphatic carbocycles. The summed E-state index contributed by atoms with van der Waals surface area (Å²) in [4.78, 5) is 4.01. The Morgan fingerprint density at radius 2 is 2.21 bits per heavy atom. The number of rotatable bonds is 1. The summed E-state index contributed by atoms with van der Waals surface area (Å²) in [5.41, 5.74) is 7.31. The van der Waals surface area contributed by atoms with Crippen LogP contribution in [0.25, 0.3) is 11.3 Å². The first kappa shape index (κ1) is 9.14. The van der Waals surface area contributed by atoms with E-state index >= 15 is 0 Å². The summed E-state index contributed by atoms with van der Waals surface area (Å²) in [5.74, 6) is 0.500. The number of anilines is 1. The molecule has 14 heavy (non-hydrogen) atoms. The first-order valence-corrected chi connectivity index (χ1v) is 4.75. The standard InChI is InChI=1S/C8H8BrN5/c1-14-7(8(9)12-13-14)5-2-3-6(10)11-4-5/h2-4H,1H3,(H2,10,11). The van der Waals surface area contributed by atoms with E-state index in [0.717, 1.165) is 11.3 Å². The van der Waals surface area contributed by atoms with Crippen LogP contribution in [0.5, 0.6) is 0 Å². The van der Waals surface area contributed by atoms with Crippen LogP contribution in [-0.4, -0.2) is 20.0 Å². The molecule has 2 heterocycles. The fourth-order valence-corrected chi connectivity index (χ4v) is 1.74. The number of nitrogens with zero attached hydrogens (tertiary/aromatic N) is 4. The van der Waals surface area contributed by atoms with E-state index in [1.165, 1.54) is 0 Å². The molecule has 0 aromatic carbocycles. The number of hydrogen-bond donors (Lipinski definition) is 1. The van der Waals surface area contributed by atoms with Crippen LogP contribution in [-0.2, 0) is 7.05 Å². The summed E-state index contributed by atoms with van der Waals surface area (Å²) in [6.07, 6.45) is 1.69. The highest BCUT2D eigenvalue weighted by Crippen LogP contribution is 2.24. The third-order valence-electron chi connectivity index (χ3n) is 1.85. The van der Waals surface area contributed by atoms with E-state index in [1.807, 2.05) is 13.1 Å². The van der Waals surface area contributed by atoms with Crippen molar-refractivity contribution < 1.29 is 0 Å². The van der Waals surface area contributed by atoms with Crippen molar-refractivity contribution in [3.05, 3.63) is 22.9 Å². The molecule has 0 bridgehead atoms. The van der Waals surface area contributed by atoms with Gasteiger partial charge in [-0.15, -0.1) is 5.10 Å². The lowest BCUT2D eigenvalue weighted by molar-refractivity contribution is 0.720. The minimum atomic E-state index is 0.500. The zero-order valence-electron chi connectivity index (χ0n) is 7.48. The highest BCUT2D eigenvalue weighted by Gasteiger charge is 2.09. The molecule has 2 rings (SSSR count). The summed E-state index contributed by atoms with van der Waals surface area (Å²) >= 11 is 3.32. The van der Waals surface area contributed by atoms with Gasteiger partial charge in [-0.25, -0.2) is 9.67 Å². The maximum atomic E-state index is 5.50. The predicted molar refractivity (Wildman–Crippen MR) is 56.3 cm³/mol. The maximum absolute atomic E-state index is 5.50. The minimum absolute atomic E-state index is 0.500. The van der Waals surface area contributed by atoms with E-state index in [0.29, 0.717) is 10.4 Å². The molecule has 5 nitrogen and oxygen atoms in total. The Labute approximate surface area is 89.1 Å². The normalized spacial score (nSPS) is 10.4. The Morgan fingerprint density at radius 3 is 2.71 bits per heavy atom. The van der Waals surface area contributed by atoms with E-state index in [1.54, 1.807) is 16.9 Å². The zero-order valence-corrected chi connectivity index (χ0v) is 9.06. The number of pyridine rings is 1. The Hall–Kier alpha value is -1.43. The molecule has 0 unspecified atom stereocenters. The lowest BCUT2D eigenvalue weighted by Crippen LogP contribution is -1.95. The second-order valence-corrected chi connectivity index (χ2v) is 3.58. The average Bonchev–Trinajstić information content (AvgIpc) is 2.49. The van der Waals surface area contributed by atoms with Gasteiger partial charge < -0.3 is 5.73 Å². The maximum Gasteiger partial charge on any atom is 0.156 e. The number of nitrogens with two attached hydrogens (primary N) is 1.